The third kappa shape index (κ3) is 9.32. The van der Waals surface area contributed by atoms with Gasteiger partial charge in [-0.25, -0.2) is 9.32 Å². The van der Waals surface area contributed by atoms with Gasteiger partial charge in [-0.05, 0) is 70.4 Å². The summed E-state index contributed by atoms with van der Waals surface area (Å²) in [5, 5.41) is 0. The maximum atomic E-state index is 13.6. The van der Waals surface area contributed by atoms with Gasteiger partial charge in [-0.3, -0.25) is 0 Å². The summed E-state index contributed by atoms with van der Waals surface area (Å²) in [5.74, 6) is -0.117. The van der Waals surface area contributed by atoms with Gasteiger partial charge in [-0.1, -0.05) is 17.7 Å². The Morgan fingerprint density at radius 2 is 1.00 bits per heavy atom. The van der Waals surface area contributed by atoms with Crippen molar-refractivity contribution in [3.05, 3.63) is 34.4 Å². The van der Waals surface area contributed by atoms with Crippen LogP contribution in [0.15, 0.2) is 12.1 Å². The van der Waals surface area contributed by atoms with Crippen molar-refractivity contribution in [3.8, 4) is 0 Å². The molecular formula is C22H35Cl6N3O2PSb. The first-order chi connectivity index (χ1) is 16.0. The Morgan fingerprint density at radius 3 is 1.29 bits per heavy atom. The van der Waals surface area contributed by atoms with Crippen LogP contribution in [0.5, 0.6) is 0 Å². The van der Waals surface area contributed by atoms with Gasteiger partial charge < -0.3 is 0 Å². The van der Waals surface area contributed by atoms with E-state index < -0.39 is 17.1 Å². The summed E-state index contributed by atoms with van der Waals surface area (Å²) in [5.41, 5.74) is 4.04. The second-order valence-electron chi connectivity index (χ2n) is 9.61. The fourth-order valence-corrected chi connectivity index (χ4v) is 9.40. The summed E-state index contributed by atoms with van der Waals surface area (Å²) < 4.78 is 14.4. The van der Waals surface area contributed by atoms with Gasteiger partial charge in [0.25, 0.3) is 0 Å². The number of nitrogens with zero attached hydrogens (tertiary/aromatic N) is 3. The van der Waals surface area contributed by atoms with Crippen molar-refractivity contribution in [3.63, 3.8) is 0 Å². The number of aryl methyl sites for hydroxylation is 3. The minimum absolute atomic E-state index is 0.117. The molecule has 3 fully saturated rings. The van der Waals surface area contributed by atoms with Crippen molar-refractivity contribution in [2.75, 3.05) is 39.3 Å². The van der Waals surface area contributed by atoms with Crippen LogP contribution in [0.2, 0.25) is 0 Å². The van der Waals surface area contributed by atoms with Gasteiger partial charge in [0.05, 0.1) is 5.56 Å². The number of carbonyl (C=O) groups excluding carboxylic acids is 1. The molecule has 202 valence electrons. The number of halogens is 6. The Morgan fingerprint density at radius 1 is 0.714 bits per heavy atom. The summed E-state index contributed by atoms with van der Waals surface area (Å²) in [6.07, 6.45) is 7.27. The zero-order valence-corrected chi connectivity index (χ0v) is 28.4. The average Bonchev–Trinajstić information content (AvgIpc) is 3.47. The first-order valence-electron chi connectivity index (χ1n) is 12.0. The van der Waals surface area contributed by atoms with E-state index in [1.165, 1.54) is 44.1 Å². The van der Waals surface area contributed by atoms with E-state index in [0.29, 0.717) is 0 Å². The minimum atomic E-state index is -5.42. The summed E-state index contributed by atoms with van der Waals surface area (Å²) in [6, 6.07) is 4.20. The van der Waals surface area contributed by atoms with Crippen LogP contribution >= 0.6 is 60.9 Å². The topological polar surface area (TPSA) is 36.0 Å². The van der Waals surface area contributed by atoms with Crippen LogP contribution in [0.1, 0.15) is 65.6 Å². The van der Waals surface area contributed by atoms with Gasteiger partial charge in [-0.15, -0.1) is 14.0 Å². The molecule has 1 aromatic rings. The van der Waals surface area contributed by atoms with E-state index in [1.54, 1.807) is 0 Å². The van der Waals surface area contributed by atoms with E-state index in [-0.39, 0.29) is 5.97 Å². The summed E-state index contributed by atoms with van der Waals surface area (Å²) >= 11 is 0. The molecule has 3 saturated heterocycles. The van der Waals surface area contributed by atoms with Gasteiger partial charge in [0, 0.05) is 39.3 Å². The molecule has 0 unspecified atom stereocenters. The number of benzene rings is 1. The van der Waals surface area contributed by atoms with Crippen molar-refractivity contribution >= 4 is 76.0 Å². The third-order valence-electron chi connectivity index (χ3n) is 6.44. The van der Waals surface area contributed by atoms with Gasteiger partial charge in [0.15, 0.2) is 0 Å². The monoisotopic (exact) mass is 735 g/mol. The normalized spacial score (nSPS) is 22.4. The molecule has 3 heterocycles. The van der Waals surface area contributed by atoms with Crippen LogP contribution < -0.4 is 0 Å². The van der Waals surface area contributed by atoms with Gasteiger partial charge in [0.1, 0.15) is 0 Å². The van der Waals surface area contributed by atoms with Gasteiger partial charge in [-0.2, -0.15) is 0 Å². The average molecular weight is 739 g/mol. The Balaban J connectivity index is 0.000000429. The molecule has 35 heavy (non-hydrogen) atoms. The molecule has 0 atom stereocenters. The molecule has 0 bridgehead atoms. The van der Waals surface area contributed by atoms with Crippen molar-refractivity contribution in [2.45, 2.75) is 59.3 Å². The van der Waals surface area contributed by atoms with E-state index in [1.807, 2.05) is 13.8 Å². The molecule has 4 rings (SSSR count). The van der Waals surface area contributed by atoms with Crippen molar-refractivity contribution < 1.29 is 9.32 Å². The van der Waals surface area contributed by atoms with E-state index in [2.05, 4.69) is 33.1 Å². The van der Waals surface area contributed by atoms with Crippen molar-refractivity contribution in [2.24, 2.45) is 0 Å². The van der Waals surface area contributed by atoms with Crippen LogP contribution in [-0.2, 0) is 4.52 Å². The molecule has 3 aliphatic rings. The predicted molar refractivity (Wildman–Crippen MR) is 156 cm³/mol. The zero-order valence-electron chi connectivity index (χ0n) is 20.5. The standard InChI is InChI=1S/C22H35N3O2P.6ClH.Sb/c1-18-16-19(2)21(20(3)17-18)22(26)27-28(23-10-4-5-11-23,24-12-6-7-13-24)25-14-8-9-15-25;;;;;;;/h16-17H,4-15H2,1-3H3;6*1H;/q+1;;;;;;;+5/p-6. The molecule has 0 amide bonds. The zero-order chi connectivity index (χ0) is 26.1. The molecule has 0 aliphatic carbocycles. The molecule has 0 spiro atoms. The molecular weight excluding hydrogens is 704 g/mol. The van der Waals surface area contributed by atoms with Crippen LogP contribution in [0.25, 0.3) is 0 Å². The van der Waals surface area contributed by atoms with Crippen molar-refractivity contribution in [1.82, 2.24) is 14.0 Å². The fraction of sp³-hybridized carbons (Fsp3) is 0.682. The van der Waals surface area contributed by atoms with E-state index in [9.17, 15) is 4.79 Å². The Kier molecular flexibility index (Phi) is 9.95. The fourth-order valence-electron chi connectivity index (χ4n) is 5.25. The molecule has 1 aromatic carbocycles. The predicted octanol–water partition coefficient (Wildman–Crippen LogP) is 8.49. The van der Waals surface area contributed by atoms with Gasteiger partial charge >= 0.3 is 76.0 Å². The van der Waals surface area contributed by atoms with Crippen LogP contribution in [0, 0.1) is 20.8 Å². The molecule has 0 saturated carbocycles. The summed E-state index contributed by atoms with van der Waals surface area (Å²) in [7, 11) is 22.7. The Bertz CT molecular complexity index is 854. The SMILES string of the molecule is Cc1cc(C)c(C(=O)O[P+](N2CCCC2)(N2CCCC2)N2CCCC2)c(C)c1.[Cl][Sb-]([Cl])([Cl])([Cl])([Cl])[Cl]. The van der Waals surface area contributed by atoms with E-state index in [0.717, 1.165) is 56.0 Å². The Hall–Kier alpha value is 1.56. The Labute approximate surface area is 230 Å². The van der Waals surface area contributed by atoms with E-state index >= 15 is 0 Å². The van der Waals surface area contributed by atoms with Crippen LogP contribution in [0.4, 0.5) is 0 Å². The van der Waals surface area contributed by atoms with Crippen LogP contribution in [0.3, 0.4) is 0 Å². The molecule has 13 heteroatoms. The molecule has 3 aliphatic heterocycles. The summed E-state index contributed by atoms with van der Waals surface area (Å²) in [6.45, 7) is 12.5. The van der Waals surface area contributed by atoms with Gasteiger partial charge in [0.2, 0.25) is 0 Å². The molecule has 0 aromatic heterocycles. The van der Waals surface area contributed by atoms with Crippen LogP contribution in [-0.4, -0.2) is 68.4 Å². The number of hydrogen-bond acceptors (Lipinski definition) is 5. The number of hydrogen-bond donors (Lipinski definition) is 0. The second kappa shape index (κ2) is 11.2. The number of rotatable bonds is 5. The van der Waals surface area contributed by atoms with E-state index in [4.69, 9.17) is 57.5 Å². The third-order valence-corrected chi connectivity index (χ3v) is 10.3. The quantitative estimate of drug-likeness (QED) is 0.224. The first kappa shape index (κ1) is 31.1. The summed E-state index contributed by atoms with van der Waals surface area (Å²) in [4.78, 5) is 13.6. The second-order valence-corrected chi connectivity index (χ2v) is 69.4. The molecule has 0 N–H and O–H groups in total. The van der Waals surface area contributed by atoms with Crippen molar-refractivity contribution in [1.29, 1.82) is 0 Å². The first-order valence-corrected chi connectivity index (χ1v) is 33.0. The molecule has 0 radical (unpaired) electrons. The number of carbonyl (C=O) groups is 1. The molecule has 5 nitrogen and oxygen atoms in total. The maximum absolute atomic E-state index is 13.6.